The van der Waals surface area contributed by atoms with Crippen molar-refractivity contribution >= 4 is 17.1 Å². The second-order valence-electron chi connectivity index (χ2n) is 3.59. The molecule has 0 radical (unpaired) electrons. The number of carboxylic acids is 1. The van der Waals surface area contributed by atoms with Crippen molar-refractivity contribution in [1.29, 1.82) is 5.26 Å². The van der Waals surface area contributed by atoms with Crippen molar-refractivity contribution in [2.24, 2.45) is 0 Å². The molecule has 0 bridgehead atoms. The number of nitriles is 1. The Morgan fingerprint density at radius 1 is 1.44 bits per heavy atom. The first kappa shape index (κ1) is 14.4. The highest BCUT2D eigenvalue weighted by Crippen LogP contribution is 2.13. The number of nitrogens with zero attached hydrogens (tertiary/aromatic N) is 2. The Morgan fingerprint density at radius 2 is 2.17 bits per heavy atom. The number of carbonyl (C=O) groups is 1. The SMILES string of the molecule is N#CCc1oc2ccccc2[n+]1CCC(=O)O.[I-]. The average Bonchev–Trinajstić information content (AvgIpc) is 2.64. The molecule has 0 saturated carbocycles. The minimum atomic E-state index is -0.870. The molecule has 0 saturated heterocycles. The largest absolute Gasteiger partial charge is 1.00 e. The van der Waals surface area contributed by atoms with Gasteiger partial charge in [0.15, 0.2) is 13.0 Å². The van der Waals surface area contributed by atoms with Gasteiger partial charge in [0.05, 0.1) is 6.07 Å². The molecule has 2 aromatic rings. The number of hydrogen-bond donors (Lipinski definition) is 1. The van der Waals surface area contributed by atoms with Crippen LogP contribution in [-0.2, 0) is 17.8 Å². The van der Waals surface area contributed by atoms with E-state index in [9.17, 15) is 4.79 Å². The molecular formula is C12H11IN2O3. The molecule has 1 aromatic heterocycles. The van der Waals surface area contributed by atoms with Crippen LogP contribution >= 0.6 is 0 Å². The van der Waals surface area contributed by atoms with Crippen molar-refractivity contribution in [3.63, 3.8) is 0 Å². The number of benzene rings is 1. The van der Waals surface area contributed by atoms with Crippen molar-refractivity contribution in [2.75, 3.05) is 0 Å². The Kier molecular flexibility index (Phi) is 5.09. The van der Waals surface area contributed by atoms with Crippen LogP contribution in [0.2, 0.25) is 0 Å². The molecule has 0 unspecified atom stereocenters. The van der Waals surface area contributed by atoms with E-state index in [1.54, 1.807) is 10.6 Å². The maximum absolute atomic E-state index is 10.6. The molecule has 94 valence electrons. The second kappa shape index (κ2) is 6.35. The van der Waals surface area contributed by atoms with Crippen LogP contribution in [0.15, 0.2) is 28.7 Å². The first-order valence-corrected chi connectivity index (χ1v) is 5.21. The lowest BCUT2D eigenvalue weighted by Gasteiger charge is -1.92. The Balaban J connectivity index is 0.00000162. The molecule has 0 spiro atoms. The van der Waals surface area contributed by atoms with Crippen LogP contribution in [-0.4, -0.2) is 11.1 Å². The summed E-state index contributed by atoms with van der Waals surface area (Å²) in [4.78, 5) is 10.6. The Bertz CT molecular complexity index is 601. The summed E-state index contributed by atoms with van der Waals surface area (Å²) < 4.78 is 7.26. The lowest BCUT2D eigenvalue weighted by atomic mass is 10.3. The summed E-state index contributed by atoms with van der Waals surface area (Å²) in [6, 6.07) is 9.35. The van der Waals surface area contributed by atoms with Gasteiger partial charge in [0.2, 0.25) is 5.58 Å². The Labute approximate surface area is 121 Å². The predicted octanol–water partition coefficient (Wildman–Crippen LogP) is -1.73. The summed E-state index contributed by atoms with van der Waals surface area (Å²) in [5.74, 6) is -0.374. The number of rotatable bonds is 4. The zero-order valence-corrected chi connectivity index (χ0v) is 11.6. The molecule has 0 atom stereocenters. The van der Waals surface area contributed by atoms with Crippen molar-refractivity contribution in [2.45, 2.75) is 19.4 Å². The molecule has 0 aliphatic carbocycles. The van der Waals surface area contributed by atoms with Gasteiger partial charge in [-0.3, -0.25) is 4.79 Å². The Morgan fingerprint density at radius 3 is 2.83 bits per heavy atom. The topological polar surface area (TPSA) is 78.1 Å². The van der Waals surface area contributed by atoms with Crippen LogP contribution in [0.25, 0.3) is 11.1 Å². The van der Waals surface area contributed by atoms with E-state index in [0.29, 0.717) is 18.0 Å². The molecule has 18 heavy (non-hydrogen) atoms. The molecule has 1 N–H and O–H groups in total. The van der Waals surface area contributed by atoms with Gasteiger partial charge in [-0.15, -0.1) is 0 Å². The second-order valence-corrected chi connectivity index (χ2v) is 3.59. The number of fused-ring (bicyclic) bond motifs is 1. The van der Waals surface area contributed by atoms with Gasteiger partial charge < -0.3 is 33.5 Å². The summed E-state index contributed by atoms with van der Waals surface area (Å²) >= 11 is 0. The monoisotopic (exact) mass is 358 g/mol. The molecule has 1 aromatic carbocycles. The standard InChI is InChI=1S/C12H10N2O3.HI/c13-7-5-11-14(8-6-12(15)16)9-3-1-2-4-10(9)17-11;/h1-4H,5-6,8H2;1H. The fourth-order valence-corrected chi connectivity index (χ4v) is 1.73. The number of para-hydroxylation sites is 2. The quantitative estimate of drug-likeness (QED) is 0.520. The van der Waals surface area contributed by atoms with E-state index in [1.807, 2.05) is 24.3 Å². The van der Waals surface area contributed by atoms with Crippen molar-refractivity contribution < 1.29 is 42.9 Å². The number of carboxylic acid groups (broad SMARTS) is 1. The van der Waals surface area contributed by atoms with Crippen molar-refractivity contribution in [3.8, 4) is 6.07 Å². The Hall–Kier alpha value is -1.62. The highest BCUT2D eigenvalue weighted by Gasteiger charge is 2.22. The van der Waals surface area contributed by atoms with Crippen molar-refractivity contribution in [3.05, 3.63) is 30.2 Å². The van der Waals surface area contributed by atoms with Gasteiger partial charge in [-0.25, -0.2) is 0 Å². The van der Waals surface area contributed by atoms with Crippen LogP contribution in [0.5, 0.6) is 0 Å². The average molecular weight is 358 g/mol. The maximum Gasteiger partial charge on any atom is 0.362 e. The van der Waals surface area contributed by atoms with Gasteiger partial charge in [-0.05, 0) is 6.07 Å². The highest BCUT2D eigenvalue weighted by atomic mass is 127. The number of aromatic nitrogens is 1. The van der Waals surface area contributed by atoms with Gasteiger partial charge >= 0.3 is 11.9 Å². The summed E-state index contributed by atoms with van der Waals surface area (Å²) in [7, 11) is 0. The van der Waals surface area contributed by atoms with Gasteiger partial charge in [0.1, 0.15) is 6.42 Å². The molecule has 6 heteroatoms. The van der Waals surface area contributed by atoms with Crippen LogP contribution < -0.4 is 28.5 Å². The van der Waals surface area contributed by atoms with E-state index < -0.39 is 5.97 Å². The molecular weight excluding hydrogens is 347 g/mol. The first-order valence-electron chi connectivity index (χ1n) is 5.21. The number of aliphatic carboxylic acids is 1. The van der Waals surface area contributed by atoms with E-state index in [4.69, 9.17) is 14.8 Å². The molecule has 1 heterocycles. The molecule has 0 aliphatic rings. The van der Waals surface area contributed by atoms with Crippen LogP contribution in [0.4, 0.5) is 0 Å². The van der Waals surface area contributed by atoms with Crippen LogP contribution in [0, 0.1) is 11.3 Å². The van der Waals surface area contributed by atoms with Gasteiger partial charge in [0, 0.05) is 6.07 Å². The van der Waals surface area contributed by atoms with E-state index in [-0.39, 0.29) is 36.8 Å². The predicted molar refractivity (Wildman–Crippen MR) is 58.0 cm³/mol. The lowest BCUT2D eigenvalue weighted by molar-refractivity contribution is -0.682. The minimum Gasteiger partial charge on any atom is -1.00 e. The zero-order valence-electron chi connectivity index (χ0n) is 9.47. The molecule has 0 fully saturated rings. The molecule has 0 aliphatic heterocycles. The molecule has 0 amide bonds. The third kappa shape index (κ3) is 2.98. The summed E-state index contributed by atoms with van der Waals surface area (Å²) in [6.07, 6.45) is 0.140. The summed E-state index contributed by atoms with van der Waals surface area (Å²) in [5.41, 5.74) is 1.49. The summed E-state index contributed by atoms with van der Waals surface area (Å²) in [6.45, 7) is 0.309. The zero-order chi connectivity index (χ0) is 12.3. The van der Waals surface area contributed by atoms with E-state index in [2.05, 4.69) is 0 Å². The number of oxazole rings is 1. The minimum absolute atomic E-state index is 0. The van der Waals surface area contributed by atoms with E-state index in [1.165, 1.54) is 0 Å². The number of aryl methyl sites for hydroxylation is 1. The van der Waals surface area contributed by atoms with E-state index >= 15 is 0 Å². The van der Waals surface area contributed by atoms with Gasteiger partial charge in [0.25, 0.3) is 5.52 Å². The van der Waals surface area contributed by atoms with Gasteiger partial charge in [-0.2, -0.15) is 9.83 Å². The molecule has 2 rings (SSSR count). The summed E-state index contributed by atoms with van der Waals surface area (Å²) in [5, 5.41) is 17.4. The van der Waals surface area contributed by atoms with Crippen LogP contribution in [0.3, 0.4) is 0 Å². The highest BCUT2D eigenvalue weighted by molar-refractivity contribution is 5.69. The fraction of sp³-hybridized carbons (Fsp3) is 0.250. The smallest absolute Gasteiger partial charge is 0.362 e. The van der Waals surface area contributed by atoms with Gasteiger partial charge in [-0.1, -0.05) is 12.1 Å². The third-order valence-corrected chi connectivity index (χ3v) is 2.46. The molecule has 5 nitrogen and oxygen atoms in total. The normalized spacial score (nSPS) is 9.72. The maximum atomic E-state index is 10.6. The first-order chi connectivity index (χ1) is 8.22. The lowest BCUT2D eigenvalue weighted by Crippen LogP contribution is -3.00. The van der Waals surface area contributed by atoms with Crippen LogP contribution in [0.1, 0.15) is 12.3 Å². The van der Waals surface area contributed by atoms with E-state index in [0.717, 1.165) is 5.52 Å². The fourth-order valence-electron chi connectivity index (χ4n) is 1.73. The number of hydrogen-bond acceptors (Lipinski definition) is 3. The third-order valence-electron chi connectivity index (χ3n) is 2.46. The number of halogens is 1. The van der Waals surface area contributed by atoms with Crippen molar-refractivity contribution in [1.82, 2.24) is 0 Å².